The summed E-state index contributed by atoms with van der Waals surface area (Å²) in [5, 5.41) is 0. The maximum atomic E-state index is 12.9. The first-order valence-corrected chi connectivity index (χ1v) is 33.1. The molecule has 0 heterocycles. The highest BCUT2D eigenvalue weighted by Crippen LogP contribution is 2.14. The van der Waals surface area contributed by atoms with Crippen molar-refractivity contribution in [1.29, 1.82) is 0 Å². The third-order valence-corrected chi connectivity index (χ3v) is 13.4. The first-order valence-electron chi connectivity index (χ1n) is 33.1. The van der Waals surface area contributed by atoms with Crippen LogP contribution in [-0.2, 0) is 28.6 Å². The quantitative estimate of drug-likeness (QED) is 0.0261. The Morgan fingerprint density at radius 3 is 0.793 bits per heavy atom. The monoisotopic (exact) mass is 1130 g/mol. The number of ether oxygens (including phenoxy) is 3. The Bertz CT molecular complexity index is 1870. The zero-order chi connectivity index (χ0) is 59.2. The molecule has 1 atom stereocenters. The Balaban J connectivity index is 4.30. The molecule has 0 aromatic carbocycles. The van der Waals surface area contributed by atoms with E-state index < -0.39 is 6.10 Å². The topological polar surface area (TPSA) is 78.9 Å². The van der Waals surface area contributed by atoms with E-state index in [2.05, 4.69) is 191 Å². The van der Waals surface area contributed by atoms with Gasteiger partial charge >= 0.3 is 17.9 Å². The van der Waals surface area contributed by atoms with Gasteiger partial charge in [0.2, 0.25) is 0 Å². The lowest BCUT2D eigenvalue weighted by Gasteiger charge is -2.18. The molecule has 0 radical (unpaired) electrons. The maximum Gasteiger partial charge on any atom is 0.306 e. The van der Waals surface area contributed by atoms with Crippen molar-refractivity contribution in [2.24, 2.45) is 0 Å². The fourth-order valence-electron chi connectivity index (χ4n) is 8.55. The highest BCUT2D eigenvalue weighted by molar-refractivity contribution is 5.71. The van der Waals surface area contributed by atoms with Crippen molar-refractivity contribution in [3.8, 4) is 0 Å². The molecule has 0 N–H and O–H groups in total. The van der Waals surface area contributed by atoms with Gasteiger partial charge < -0.3 is 14.2 Å². The number of hydrogen-bond donors (Lipinski definition) is 0. The minimum Gasteiger partial charge on any atom is -0.462 e. The number of unbranched alkanes of at least 4 members (excludes halogenated alkanes) is 19. The molecule has 0 spiro atoms. The van der Waals surface area contributed by atoms with Crippen LogP contribution < -0.4 is 0 Å². The van der Waals surface area contributed by atoms with E-state index >= 15 is 0 Å². The van der Waals surface area contributed by atoms with Gasteiger partial charge in [-0.2, -0.15) is 0 Å². The Hall–Kier alpha value is -5.23. The van der Waals surface area contributed by atoms with E-state index in [-0.39, 0.29) is 37.5 Å². The van der Waals surface area contributed by atoms with Gasteiger partial charge in [0.05, 0.1) is 0 Å². The Labute approximate surface area is 504 Å². The van der Waals surface area contributed by atoms with Crippen LogP contribution in [0.2, 0.25) is 0 Å². The Morgan fingerprint density at radius 2 is 0.488 bits per heavy atom. The molecular weight excluding hydrogens is 1010 g/mol. The van der Waals surface area contributed by atoms with Crippen molar-refractivity contribution in [1.82, 2.24) is 0 Å². The van der Waals surface area contributed by atoms with Crippen LogP contribution in [0.3, 0.4) is 0 Å². The summed E-state index contributed by atoms with van der Waals surface area (Å²) in [5.74, 6) is -0.988. The Kier molecular flexibility index (Phi) is 63.9. The van der Waals surface area contributed by atoms with E-state index in [9.17, 15) is 14.4 Å². The minimum atomic E-state index is -0.821. The third kappa shape index (κ3) is 65.6. The molecular formula is C76H120O6. The van der Waals surface area contributed by atoms with Crippen LogP contribution in [-0.4, -0.2) is 37.2 Å². The van der Waals surface area contributed by atoms with Gasteiger partial charge in [0.1, 0.15) is 13.2 Å². The summed E-state index contributed by atoms with van der Waals surface area (Å²) in [6.07, 6.45) is 101. The predicted molar refractivity (Wildman–Crippen MR) is 357 cm³/mol. The Morgan fingerprint density at radius 1 is 0.256 bits per heavy atom. The number of carbonyl (C=O) groups excluding carboxylic acids is 3. The molecule has 0 aromatic heterocycles. The summed E-state index contributed by atoms with van der Waals surface area (Å²) < 4.78 is 16.8. The number of esters is 3. The lowest BCUT2D eigenvalue weighted by molar-refractivity contribution is -0.167. The number of rotatable bonds is 58. The first-order chi connectivity index (χ1) is 40.5. The van der Waals surface area contributed by atoms with Crippen LogP contribution >= 0.6 is 0 Å². The third-order valence-electron chi connectivity index (χ3n) is 13.4. The van der Waals surface area contributed by atoms with Gasteiger partial charge in [-0.3, -0.25) is 14.4 Å². The van der Waals surface area contributed by atoms with E-state index in [1.54, 1.807) is 0 Å². The normalized spacial score (nSPS) is 13.3. The molecule has 82 heavy (non-hydrogen) atoms. The van der Waals surface area contributed by atoms with Gasteiger partial charge in [-0.15, -0.1) is 0 Å². The van der Waals surface area contributed by atoms with Gasteiger partial charge in [-0.05, 0) is 148 Å². The van der Waals surface area contributed by atoms with E-state index in [0.717, 1.165) is 148 Å². The second kappa shape index (κ2) is 68.3. The molecule has 0 aliphatic heterocycles. The van der Waals surface area contributed by atoms with Crippen LogP contribution in [0.25, 0.3) is 0 Å². The summed E-state index contributed by atoms with van der Waals surface area (Å²) in [6, 6.07) is 0. The van der Waals surface area contributed by atoms with E-state index in [4.69, 9.17) is 14.2 Å². The molecule has 0 amide bonds. The van der Waals surface area contributed by atoms with E-state index in [1.165, 1.54) is 77.0 Å². The van der Waals surface area contributed by atoms with E-state index in [1.807, 2.05) is 0 Å². The standard InChI is InChI=1S/C76H120O6/c1-4-7-10-13-16-19-22-25-27-29-30-31-32-33-34-35-36-37-38-39-40-41-42-43-44-45-46-48-49-51-54-57-60-63-66-69-75(78)81-72-73(71-80-74(77)68-65-62-59-56-53-24-21-18-15-12-9-6-3)82-76(79)70-67-64-61-58-55-52-50-47-28-26-23-20-17-14-11-8-5-2/h7-8,10-11,16-21,25-28,30-31,33-34,36-37,39-40,42-43,50,52,58,61,73H,4-6,9,12-15,22-24,29,32,35,38,41,44-49,51,53-57,59-60,62-72H2,1-3H3/b10-7-,11-8-,19-16-,20-17-,21-18-,27-25-,28-26-,31-30-,34-33-,37-36-,40-39-,43-42-,52-50-,61-58-. The molecule has 0 rings (SSSR count). The van der Waals surface area contributed by atoms with Crippen LogP contribution in [0, 0.1) is 0 Å². The molecule has 460 valence electrons. The molecule has 6 heteroatoms. The second-order valence-electron chi connectivity index (χ2n) is 21.3. The summed E-state index contributed by atoms with van der Waals surface area (Å²) in [4.78, 5) is 38.2. The van der Waals surface area contributed by atoms with Crippen LogP contribution in [0.4, 0.5) is 0 Å². The summed E-state index contributed by atoms with van der Waals surface area (Å²) >= 11 is 0. The predicted octanol–water partition coefficient (Wildman–Crippen LogP) is 23.0. The van der Waals surface area contributed by atoms with Gasteiger partial charge in [-0.1, -0.05) is 274 Å². The van der Waals surface area contributed by atoms with Crippen LogP contribution in [0.15, 0.2) is 170 Å². The van der Waals surface area contributed by atoms with Crippen molar-refractivity contribution in [2.45, 2.75) is 277 Å². The average Bonchev–Trinajstić information content (AvgIpc) is 3.47. The lowest BCUT2D eigenvalue weighted by Crippen LogP contribution is -2.30. The zero-order valence-corrected chi connectivity index (χ0v) is 52.7. The lowest BCUT2D eigenvalue weighted by atomic mass is 10.1. The molecule has 6 nitrogen and oxygen atoms in total. The number of hydrogen-bond acceptors (Lipinski definition) is 6. The van der Waals surface area contributed by atoms with Crippen molar-refractivity contribution in [3.63, 3.8) is 0 Å². The summed E-state index contributed by atoms with van der Waals surface area (Å²) in [6.45, 7) is 6.32. The molecule has 0 fully saturated rings. The minimum absolute atomic E-state index is 0.111. The summed E-state index contributed by atoms with van der Waals surface area (Å²) in [7, 11) is 0. The fraction of sp³-hybridized carbons (Fsp3) is 0.592. The van der Waals surface area contributed by atoms with Crippen molar-refractivity contribution < 1.29 is 28.6 Å². The first kappa shape index (κ1) is 76.8. The van der Waals surface area contributed by atoms with Crippen molar-refractivity contribution >= 4 is 17.9 Å². The largest absolute Gasteiger partial charge is 0.462 e. The van der Waals surface area contributed by atoms with Gasteiger partial charge in [-0.25, -0.2) is 0 Å². The van der Waals surface area contributed by atoms with Crippen LogP contribution in [0.1, 0.15) is 271 Å². The molecule has 0 bridgehead atoms. The van der Waals surface area contributed by atoms with E-state index in [0.29, 0.717) is 19.3 Å². The zero-order valence-electron chi connectivity index (χ0n) is 52.7. The molecule has 1 unspecified atom stereocenters. The van der Waals surface area contributed by atoms with Crippen molar-refractivity contribution in [3.05, 3.63) is 170 Å². The van der Waals surface area contributed by atoms with Gasteiger partial charge in [0, 0.05) is 19.3 Å². The highest BCUT2D eigenvalue weighted by atomic mass is 16.6. The van der Waals surface area contributed by atoms with Crippen LogP contribution in [0.5, 0.6) is 0 Å². The highest BCUT2D eigenvalue weighted by Gasteiger charge is 2.19. The molecule has 0 saturated carbocycles. The molecule has 0 saturated heterocycles. The summed E-state index contributed by atoms with van der Waals surface area (Å²) in [5.41, 5.74) is 0. The van der Waals surface area contributed by atoms with Crippen molar-refractivity contribution in [2.75, 3.05) is 13.2 Å². The molecule has 0 aromatic rings. The molecule has 0 aliphatic rings. The second-order valence-corrected chi connectivity index (χ2v) is 21.3. The maximum absolute atomic E-state index is 12.9. The SMILES string of the molecule is CC/C=C\C/C=C\C/C=C\C/C=C\C/C=C\C/C=C\C/C=C\C/C=C\CCCCCCCCCCCCC(=O)OCC(COC(=O)CCCCCCC/C=C\CCCCC)OC(=O)CCC/C=C\C/C=C\C/C=C\C/C=C\C/C=C\CC. The average molecular weight is 1130 g/mol. The fourth-order valence-corrected chi connectivity index (χ4v) is 8.55. The van der Waals surface area contributed by atoms with Gasteiger partial charge in [0.25, 0.3) is 0 Å². The molecule has 0 aliphatic carbocycles. The van der Waals surface area contributed by atoms with Gasteiger partial charge in [0.15, 0.2) is 6.10 Å². The number of allylic oxidation sites excluding steroid dienone is 28. The number of carbonyl (C=O) groups is 3. The smallest absolute Gasteiger partial charge is 0.306 e.